The minimum Gasteiger partial charge on any atom is -0.481 e. The molecule has 0 aliphatic carbocycles. The van der Waals surface area contributed by atoms with E-state index >= 15 is 0 Å². The molecular weight excluding hydrogens is 348 g/mol. The van der Waals surface area contributed by atoms with E-state index in [4.69, 9.17) is 14.6 Å². The molecule has 1 aromatic carbocycles. The largest absolute Gasteiger partial charge is 0.481 e. The zero-order chi connectivity index (χ0) is 20.7. The van der Waals surface area contributed by atoms with Crippen LogP contribution in [0.5, 0.6) is 0 Å². The Labute approximate surface area is 161 Å². The van der Waals surface area contributed by atoms with E-state index in [9.17, 15) is 14.7 Å². The van der Waals surface area contributed by atoms with E-state index in [1.54, 1.807) is 13.8 Å². The molecule has 0 saturated heterocycles. The summed E-state index contributed by atoms with van der Waals surface area (Å²) in [4.78, 5) is 22.4. The predicted octanol–water partition coefficient (Wildman–Crippen LogP) is 4.11. The summed E-state index contributed by atoms with van der Waals surface area (Å²) in [5.41, 5.74) is 0.941. The fourth-order valence-corrected chi connectivity index (χ4v) is 2.33. The molecule has 0 amide bonds. The molecule has 152 valence electrons. The van der Waals surface area contributed by atoms with E-state index in [1.807, 2.05) is 45.0 Å². The lowest BCUT2D eigenvalue weighted by molar-refractivity contribution is -0.153. The van der Waals surface area contributed by atoms with Gasteiger partial charge in [0.1, 0.15) is 0 Å². The standard InChI is InChI=1S/C21H32O6/c1-20(2,3)12-17(18(22)23)27-14-16-8-6-15(7-9-16)13-26-11-10-21(4,5)19(24)25/h6-9,17H,10-14H2,1-5H3,(H,22,23)(H,24,25). The molecule has 1 rings (SSSR count). The SMILES string of the molecule is CC(C)(C)CC(OCc1ccc(COCCC(C)(C)C(=O)O)cc1)C(=O)O. The Kier molecular flexibility index (Phi) is 8.44. The van der Waals surface area contributed by atoms with Crippen LogP contribution >= 0.6 is 0 Å². The maximum atomic E-state index is 11.3. The predicted molar refractivity (Wildman–Crippen MR) is 102 cm³/mol. The van der Waals surface area contributed by atoms with E-state index in [2.05, 4.69) is 0 Å². The van der Waals surface area contributed by atoms with Crippen molar-refractivity contribution < 1.29 is 29.3 Å². The van der Waals surface area contributed by atoms with Crippen molar-refractivity contribution in [3.05, 3.63) is 35.4 Å². The molecule has 0 saturated carbocycles. The van der Waals surface area contributed by atoms with Crippen molar-refractivity contribution in [3.8, 4) is 0 Å². The van der Waals surface area contributed by atoms with Crippen molar-refractivity contribution in [2.75, 3.05) is 6.61 Å². The molecule has 1 aromatic rings. The number of carboxylic acid groups (broad SMARTS) is 2. The fourth-order valence-electron chi connectivity index (χ4n) is 2.33. The van der Waals surface area contributed by atoms with Crippen LogP contribution in [-0.2, 0) is 32.3 Å². The van der Waals surface area contributed by atoms with Gasteiger partial charge in [-0.05, 0) is 43.2 Å². The van der Waals surface area contributed by atoms with Gasteiger partial charge < -0.3 is 19.7 Å². The number of carboxylic acids is 2. The minimum atomic E-state index is -0.945. The van der Waals surface area contributed by atoms with Crippen LogP contribution in [0.15, 0.2) is 24.3 Å². The lowest BCUT2D eigenvalue weighted by Gasteiger charge is -2.23. The van der Waals surface area contributed by atoms with Crippen LogP contribution in [0.25, 0.3) is 0 Å². The van der Waals surface area contributed by atoms with Crippen LogP contribution in [0.2, 0.25) is 0 Å². The summed E-state index contributed by atoms with van der Waals surface area (Å²) in [6.07, 6.45) is 0.0603. The molecule has 0 aromatic heterocycles. The summed E-state index contributed by atoms with van der Waals surface area (Å²) >= 11 is 0. The number of hydrogen-bond donors (Lipinski definition) is 2. The van der Waals surface area contributed by atoms with Gasteiger partial charge >= 0.3 is 11.9 Å². The first-order valence-electron chi connectivity index (χ1n) is 9.14. The summed E-state index contributed by atoms with van der Waals surface area (Å²) in [5, 5.41) is 18.4. The summed E-state index contributed by atoms with van der Waals surface area (Å²) in [6.45, 7) is 10.3. The lowest BCUT2D eigenvalue weighted by atomic mass is 9.89. The molecule has 6 nitrogen and oxygen atoms in total. The highest BCUT2D eigenvalue weighted by atomic mass is 16.5. The number of hydrogen-bond acceptors (Lipinski definition) is 4. The van der Waals surface area contributed by atoms with Gasteiger partial charge in [0.25, 0.3) is 0 Å². The third kappa shape index (κ3) is 9.02. The van der Waals surface area contributed by atoms with Crippen molar-refractivity contribution in [2.45, 2.75) is 66.8 Å². The van der Waals surface area contributed by atoms with E-state index in [0.717, 1.165) is 11.1 Å². The van der Waals surface area contributed by atoms with E-state index in [0.29, 0.717) is 26.1 Å². The van der Waals surface area contributed by atoms with Crippen LogP contribution in [0, 0.1) is 10.8 Å². The average molecular weight is 380 g/mol. The second-order valence-electron chi connectivity index (χ2n) is 8.71. The zero-order valence-corrected chi connectivity index (χ0v) is 16.9. The lowest BCUT2D eigenvalue weighted by Crippen LogP contribution is -2.28. The second-order valence-corrected chi connectivity index (χ2v) is 8.71. The number of rotatable bonds is 11. The van der Waals surface area contributed by atoms with Gasteiger partial charge in [-0.3, -0.25) is 4.79 Å². The maximum Gasteiger partial charge on any atom is 0.332 e. The zero-order valence-electron chi connectivity index (χ0n) is 16.9. The van der Waals surface area contributed by atoms with Gasteiger partial charge in [-0.2, -0.15) is 0 Å². The van der Waals surface area contributed by atoms with Crippen LogP contribution in [0.4, 0.5) is 0 Å². The van der Waals surface area contributed by atoms with Crippen LogP contribution in [-0.4, -0.2) is 34.9 Å². The highest BCUT2D eigenvalue weighted by Crippen LogP contribution is 2.23. The minimum absolute atomic E-state index is 0.126. The first kappa shape index (κ1) is 23.1. The van der Waals surface area contributed by atoms with Crippen molar-refractivity contribution in [1.82, 2.24) is 0 Å². The Morgan fingerprint density at radius 3 is 1.93 bits per heavy atom. The van der Waals surface area contributed by atoms with Gasteiger partial charge in [0.15, 0.2) is 6.10 Å². The molecule has 6 heteroatoms. The smallest absolute Gasteiger partial charge is 0.332 e. The van der Waals surface area contributed by atoms with Crippen LogP contribution in [0.3, 0.4) is 0 Å². The van der Waals surface area contributed by atoms with E-state index < -0.39 is 23.5 Å². The van der Waals surface area contributed by atoms with Gasteiger partial charge in [0, 0.05) is 6.61 Å². The average Bonchev–Trinajstić information content (AvgIpc) is 2.55. The third-order valence-electron chi connectivity index (χ3n) is 4.27. The third-order valence-corrected chi connectivity index (χ3v) is 4.27. The highest BCUT2D eigenvalue weighted by molar-refractivity contribution is 5.73. The van der Waals surface area contributed by atoms with Gasteiger partial charge in [0.2, 0.25) is 0 Å². The Morgan fingerprint density at radius 2 is 1.48 bits per heavy atom. The molecule has 1 unspecified atom stereocenters. The Balaban J connectivity index is 2.45. The molecular formula is C21H32O6. The number of benzene rings is 1. The first-order chi connectivity index (χ1) is 12.4. The van der Waals surface area contributed by atoms with Crippen LogP contribution in [0.1, 0.15) is 58.6 Å². The van der Waals surface area contributed by atoms with E-state index in [1.165, 1.54) is 0 Å². The van der Waals surface area contributed by atoms with Crippen LogP contribution < -0.4 is 0 Å². The molecule has 27 heavy (non-hydrogen) atoms. The molecule has 0 spiro atoms. The van der Waals surface area contributed by atoms with Gasteiger partial charge in [0.05, 0.1) is 18.6 Å². The van der Waals surface area contributed by atoms with Gasteiger partial charge in [-0.1, -0.05) is 45.0 Å². The van der Waals surface area contributed by atoms with Crippen molar-refractivity contribution in [2.24, 2.45) is 10.8 Å². The summed E-state index contributed by atoms with van der Waals surface area (Å²) in [5.74, 6) is -1.78. The number of ether oxygens (including phenoxy) is 2. The molecule has 0 radical (unpaired) electrons. The van der Waals surface area contributed by atoms with Crippen molar-refractivity contribution in [1.29, 1.82) is 0 Å². The topological polar surface area (TPSA) is 93.1 Å². The quantitative estimate of drug-likeness (QED) is 0.561. The van der Waals surface area contributed by atoms with Gasteiger partial charge in [-0.15, -0.1) is 0 Å². The van der Waals surface area contributed by atoms with Crippen molar-refractivity contribution in [3.63, 3.8) is 0 Å². The molecule has 0 aliphatic rings. The molecule has 0 aliphatic heterocycles. The number of carbonyl (C=O) groups is 2. The van der Waals surface area contributed by atoms with Crippen molar-refractivity contribution >= 4 is 11.9 Å². The molecule has 0 heterocycles. The normalized spacial score (nSPS) is 13.4. The van der Waals surface area contributed by atoms with Gasteiger partial charge in [-0.25, -0.2) is 4.79 Å². The first-order valence-corrected chi connectivity index (χ1v) is 9.14. The molecule has 0 bridgehead atoms. The maximum absolute atomic E-state index is 11.3. The highest BCUT2D eigenvalue weighted by Gasteiger charge is 2.26. The Morgan fingerprint density at radius 1 is 0.963 bits per heavy atom. The Hall–Kier alpha value is -1.92. The summed E-state index contributed by atoms with van der Waals surface area (Å²) < 4.78 is 11.1. The second kappa shape index (κ2) is 9.85. The fraction of sp³-hybridized carbons (Fsp3) is 0.619. The molecule has 1 atom stereocenters. The summed E-state index contributed by atoms with van der Waals surface area (Å²) in [6, 6.07) is 7.58. The summed E-state index contributed by atoms with van der Waals surface area (Å²) in [7, 11) is 0. The Bertz CT molecular complexity index is 613. The molecule has 0 fully saturated rings. The number of aliphatic carboxylic acids is 2. The monoisotopic (exact) mass is 380 g/mol. The van der Waals surface area contributed by atoms with E-state index in [-0.39, 0.29) is 12.0 Å². The molecule has 2 N–H and O–H groups in total.